The summed E-state index contributed by atoms with van der Waals surface area (Å²) in [5, 5.41) is 3.95. The van der Waals surface area contributed by atoms with Crippen LogP contribution in [0, 0.1) is 0 Å². The van der Waals surface area contributed by atoms with Crippen molar-refractivity contribution in [3.8, 4) is 0 Å². The summed E-state index contributed by atoms with van der Waals surface area (Å²) in [7, 11) is 0. The second-order valence-corrected chi connectivity index (χ2v) is 5.56. The number of amides is 1. The van der Waals surface area contributed by atoms with Crippen LogP contribution in [0.25, 0.3) is 0 Å². The predicted molar refractivity (Wildman–Crippen MR) is 83.6 cm³/mol. The molecule has 2 rings (SSSR count). The molecule has 0 radical (unpaired) electrons. The van der Waals surface area contributed by atoms with Gasteiger partial charge in [0.25, 0.3) is 0 Å². The van der Waals surface area contributed by atoms with Gasteiger partial charge in [-0.25, -0.2) is 0 Å². The van der Waals surface area contributed by atoms with Gasteiger partial charge in [0.05, 0.1) is 13.2 Å². The van der Waals surface area contributed by atoms with Gasteiger partial charge in [-0.1, -0.05) is 17.7 Å². The molecule has 1 aliphatic rings. The topological polar surface area (TPSA) is 67.6 Å². The van der Waals surface area contributed by atoms with Crippen LogP contribution in [-0.2, 0) is 11.3 Å². The number of primary amides is 1. The van der Waals surface area contributed by atoms with Crippen LogP contribution in [0.1, 0.15) is 22.3 Å². The third kappa shape index (κ3) is 5.28. The molecule has 21 heavy (non-hydrogen) atoms. The van der Waals surface area contributed by atoms with Crippen LogP contribution in [0.15, 0.2) is 18.2 Å². The Labute approximate surface area is 130 Å². The van der Waals surface area contributed by atoms with E-state index in [2.05, 4.69) is 10.2 Å². The van der Waals surface area contributed by atoms with Gasteiger partial charge in [0, 0.05) is 30.2 Å². The zero-order valence-electron chi connectivity index (χ0n) is 12.1. The molecule has 0 bridgehead atoms. The lowest BCUT2D eigenvalue weighted by molar-refractivity contribution is 0.0374. The molecule has 0 saturated carbocycles. The lowest BCUT2D eigenvalue weighted by atomic mass is 10.1. The van der Waals surface area contributed by atoms with E-state index >= 15 is 0 Å². The predicted octanol–water partition coefficient (Wildman–Crippen LogP) is 1.25. The number of hydrogen-bond donors (Lipinski definition) is 2. The molecule has 5 nitrogen and oxygen atoms in total. The van der Waals surface area contributed by atoms with Crippen molar-refractivity contribution < 1.29 is 9.53 Å². The van der Waals surface area contributed by atoms with Gasteiger partial charge < -0.3 is 15.8 Å². The number of rotatable bonds is 7. The van der Waals surface area contributed by atoms with Crippen LogP contribution in [0.5, 0.6) is 0 Å². The number of carbonyl (C=O) groups excluding carboxylic acids is 1. The number of halogens is 1. The third-order valence-corrected chi connectivity index (χ3v) is 3.94. The van der Waals surface area contributed by atoms with Gasteiger partial charge in [-0.05, 0) is 37.2 Å². The highest BCUT2D eigenvalue weighted by Crippen LogP contribution is 2.17. The van der Waals surface area contributed by atoms with E-state index in [1.807, 2.05) is 6.07 Å². The molecule has 1 aromatic rings. The van der Waals surface area contributed by atoms with Gasteiger partial charge in [-0.15, -0.1) is 0 Å². The summed E-state index contributed by atoms with van der Waals surface area (Å²) in [6.07, 6.45) is 1.09. The number of carbonyl (C=O) groups is 1. The fourth-order valence-corrected chi connectivity index (χ4v) is 2.57. The number of ether oxygens (including phenoxy) is 1. The number of hydrogen-bond acceptors (Lipinski definition) is 4. The molecule has 0 aliphatic carbocycles. The molecule has 0 spiro atoms. The molecule has 6 heteroatoms. The van der Waals surface area contributed by atoms with E-state index in [0.29, 0.717) is 17.1 Å². The van der Waals surface area contributed by atoms with Gasteiger partial charge >= 0.3 is 0 Å². The van der Waals surface area contributed by atoms with Crippen molar-refractivity contribution >= 4 is 17.5 Å². The fraction of sp³-hybridized carbons (Fsp3) is 0.533. The summed E-state index contributed by atoms with van der Waals surface area (Å²) in [6.45, 7) is 6.46. The molecular weight excluding hydrogens is 290 g/mol. The molecule has 1 saturated heterocycles. The Balaban J connectivity index is 1.67. The number of benzene rings is 1. The Kier molecular flexibility index (Phi) is 6.45. The Bertz CT molecular complexity index is 476. The molecule has 0 atom stereocenters. The van der Waals surface area contributed by atoms with E-state index in [1.165, 1.54) is 0 Å². The van der Waals surface area contributed by atoms with E-state index < -0.39 is 5.91 Å². The maximum atomic E-state index is 11.0. The number of nitrogens with one attached hydrogen (secondary N) is 1. The zero-order valence-corrected chi connectivity index (χ0v) is 12.9. The Morgan fingerprint density at radius 3 is 2.81 bits per heavy atom. The van der Waals surface area contributed by atoms with Crippen LogP contribution in [0.3, 0.4) is 0 Å². The molecular formula is C15H22ClN3O2. The minimum absolute atomic E-state index is 0.441. The smallest absolute Gasteiger partial charge is 0.248 e. The van der Waals surface area contributed by atoms with Crippen LogP contribution in [0.4, 0.5) is 0 Å². The van der Waals surface area contributed by atoms with E-state index in [1.54, 1.807) is 12.1 Å². The van der Waals surface area contributed by atoms with Gasteiger partial charge in [-0.3, -0.25) is 9.69 Å². The van der Waals surface area contributed by atoms with E-state index in [9.17, 15) is 4.79 Å². The van der Waals surface area contributed by atoms with Gasteiger partial charge in [0.1, 0.15) is 0 Å². The molecule has 3 N–H and O–H groups in total. The van der Waals surface area contributed by atoms with Crippen molar-refractivity contribution in [3.63, 3.8) is 0 Å². The van der Waals surface area contributed by atoms with Gasteiger partial charge in [0.2, 0.25) is 5.91 Å². The second-order valence-electron chi connectivity index (χ2n) is 5.15. The normalized spacial score (nSPS) is 16.0. The van der Waals surface area contributed by atoms with Crippen LogP contribution in [0.2, 0.25) is 5.02 Å². The highest BCUT2D eigenvalue weighted by molar-refractivity contribution is 6.31. The van der Waals surface area contributed by atoms with Crippen molar-refractivity contribution in [1.29, 1.82) is 0 Å². The van der Waals surface area contributed by atoms with Gasteiger partial charge in [-0.2, -0.15) is 0 Å². The fourth-order valence-electron chi connectivity index (χ4n) is 2.32. The quantitative estimate of drug-likeness (QED) is 0.744. The lowest BCUT2D eigenvalue weighted by Gasteiger charge is -2.26. The average molecular weight is 312 g/mol. The average Bonchev–Trinajstić information content (AvgIpc) is 2.49. The second kappa shape index (κ2) is 8.34. The summed E-state index contributed by atoms with van der Waals surface area (Å²) >= 11 is 6.14. The monoisotopic (exact) mass is 311 g/mol. The molecule has 1 amide bonds. The minimum atomic E-state index is -0.457. The van der Waals surface area contributed by atoms with Crippen molar-refractivity contribution in [2.24, 2.45) is 5.73 Å². The first-order valence-electron chi connectivity index (χ1n) is 7.26. The largest absolute Gasteiger partial charge is 0.379 e. The first-order chi connectivity index (χ1) is 10.2. The zero-order chi connectivity index (χ0) is 15.1. The molecule has 1 aliphatic heterocycles. The first kappa shape index (κ1) is 16.2. The SMILES string of the molecule is NC(=O)c1ccc(CNCCCN2CCOCC2)c(Cl)c1. The maximum Gasteiger partial charge on any atom is 0.248 e. The highest BCUT2D eigenvalue weighted by Gasteiger charge is 2.09. The first-order valence-corrected chi connectivity index (χ1v) is 7.63. The summed E-state index contributed by atoms with van der Waals surface area (Å²) in [5.41, 5.74) is 6.64. The van der Waals surface area contributed by atoms with E-state index in [0.717, 1.165) is 51.4 Å². The molecule has 1 aromatic carbocycles. The van der Waals surface area contributed by atoms with Crippen LogP contribution >= 0.6 is 11.6 Å². The van der Waals surface area contributed by atoms with Crippen molar-refractivity contribution in [2.45, 2.75) is 13.0 Å². The lowest BCUT2D eigenvalue weighted by Crippen LogP contribution is -2.37. The maximum absolute atomic E-state index is 11.0. The molecule has 0 unspecified atom stereocenters. The number of nitrogens with two attached hydrogens (primary N) is 1. The Morgan fingerprint density at radius 2 is 2.14 bits per heavy atom. The number of nitrogens with zero attached hydrogens (tertiary/aromatic N) is 1. The molecule has 1 fully saturated rings. The van der Waals surface area contributed by atoms with Crippen LogP contribution in [-0.4, -0.2) is 50.2 Å². The minimum Gasteiger partial charge on any atom is -0.379 e. The summed E-state index contributed by atoms with van der Waals surface area (Å²) < 4.78 is 5.32. The standard InChI is InChI=1S/C15H22ClN3O2/c16-14-10-12(15(17)20)2-3-13(14)11-18-4-1-5-19-6-8-21-9-7-19/h2-3,10,18H,1,4-9,11H2,(H2,17,20). The van der Waals surface area contributed by atoms with Crippen molar-refractivity contribution in [3.05, 3.63) is 34.3 Å². The van der Waals surface area contributed by atoms with Crippen molar-refractivity contribution in [2.75, 3.05) is 39.4 Å². The molecule has 116 valence electrons. The summed E-state index contributed by atoms with van der Waals surface area (Å²) in [4.78, 5) is 13.5. The third-order valence-electron chi connectivity index (χ3n) is 3.58. The Morgan fingerprint density at radius 1 is 1.38 bits per heavy atom. The van der Waals surface area contributed by atoms with Gasteiger partial charge in [0.15, 0.2) is 0 Å². The molecule has 0 aromatic heterocycles. The highest BCUT2D eigenvalue weighted by atomic mass is 35.5. The molecule has 1 heterocycles. The van der Waals surface area contributed by atoms with Crippen LogP contribution < -0.4 is 11.1 Å². The Hall–Kier alpha value is -1.14. The van der Waals surface area contributed by atoms with Crippen molar-refractivity contribution in [1.82, 2.24) is 10.2 Å². The number of morpholine rings is 1. The summed E-state index contributed by atoms with van der Waals surface area (Å²) in [5.74, 6) is -0.457. The van der Waals surface area contributed by atoms with E-state index in [4.69, 9.17) is 22.1 Å². The summed E-state index contributed by atoms with van der Waals surface area (Å²) in [6, 6.07) is 5.17. The van der Waals surface area contributed by atoms with E-state index in [-0.39, 0.29) is 0 Å².